The summed E-state index contributed by atoms with van der Waals surface area (Å²) in [6, 6.07) is 2.07. The molecule has 1 N–H and O–H groups in total. The van der Waals surface area contributed by atoms with Gasteiger partial charge in [0.15, 0.2) is 5.82 Å². The lowest BCUT2D eigenvalue weighted by Gasteiger charge is -2.32. The highest BCUT2D eigenvalue weighted by Crippen LogP contribution is 2.23. The zero-order chi connectivity index (χ0) is 15.1. The molecule has 5 nitrogen and oxygen atoms in total. The van der Waals surface area contributed by atoms with E-state index in [1.54, 1.807) is 0 Å². The molecule has 1 aromatic heterocycles. The molecular formula is C16H28N4O. The van der Waals surface area contributed by atoms with E-state index in [1.165, 1.54) is 12.8 Å². The van der Waals surface area contributed by atoms with Gasteiger partial charge in [-0.1, -0.05) is 13.8 Å². The fraction of sp³-hybridized carbons (Fsp3) is 0.750. The zero-order valence-electron chi connectivity index (χ0n) is 13.6. The predicted molar refractivity (Wildman–Crippen MR) is 86.8 cm³/mol. The number of nitrogens with zero attached hydrogens (tertiary/aromatic N) is 3. The standard InChI is InChI=1S/C16H28N4O/c1-4-8-17-14-10-16(19-15(18-14)12-21-5-2)20-9-6-7-13(3)11-20/h10,13H,4-9,11-12H2,1-3H3,(H,17,18,19). The maximum Gasteiger partial charge on any atom is 0.158 e. The maximum atomic E-state index is 5.47. The van der Waals surface area contributed by atoms with Gasteiger partial charge in [-0.05, 0) is 32.1 Å². The van der Waals surface area contributed by atoms with Crippen molar-refractivity contribution >= 4 is 11.6 Å². The monoisotopic (exact) mass is 292 g/mol. The largest absolute Gasteiger partial charge is 0.374 e. The van der Waals surface area contributed by atoms with E-state index in [4.69, 9.17) is 4.74 Å². The highest BCUT2D eigenvalue weighted by atomic mass is 16.5. The molecule has 0 bridgehead atoms. The average molecular weight is 292 g/mol. The third-order valence-electron chi connectivity index (χ3n) is 3.73. The van der Waals surface area contributed by atoms with E-state index >= 15 is 0 Å². The lowest BCUT2D eigenvalue weighted by Crippen LogP contribution is -2.35. The molecule has 2 heterocycles. The van der Waals surface area contributed by atoms with E-state index in [2.05, 4.69) is 40.1 Å². The molecule has 1 fully saturated rings. The molecule has 1 aliphatic heterocycles. The van der Waals surface area contributed by atoms with Crippen molar-refractivity contribution in [2.75, 3.05) is 36.5 Å². The van der Waals surface area contributed by atoms with Gasteiger partial charge in [0.05, 0.1) is 0 Å². The van der Waals surface area contributed by atoms with Crippen LogP contribution < -0.4 is 10.2 Å². The van der Waals surface area contributed by atoms with Crippen LogP contribution in [-0.4, -0.2) is 36.2 Å². The molecule has 0 aliphatic carbocycles. The first-order chi connectivity index (χ1) is 10.2. The normalized spacial score (nSPS) is 18.8. The minimum atomic E-state index is 0.481. The number of rotatable bonds is 7. The molecule has 21 heavy (non-hydrogen) atoms. The Balaban J connectivity index is 2.16. The smallest absolute Gasteiger partial charge is 0.158 e. The van der Waals surface area contributed by atoms with E-state index in [1.807, 2.05) is 6.92 Å². The van der Waals surface area contributed by atoms with Gasteiger partial charge in [0.2, 0.25) is 0 Å². The maximum absolute atomic E-state index is 5.47. The van der Waals surface area contributed by atoms with E-state index < -0.39 is 0 Å². The van der Waals surface area contributed by atoms with Gasteiger partial charge in [-0.25, -0.2) is 9.97 Å². The van der Waals surface area contributed by atoms with Crippen molar-refractivity contribution in [3.63, 3.8) is 0 Å². The van der Waals surface area contributed by atoms with E-state index in [9.17, 15) is 0 Å². The first-order valence-corrected chi connectivity index (χ1v) is 8.17. The van der Waals surface area contributed by atoms with Crippen LogP contribution in [0, 0.1) is 5.92 Å². The molecule has 0 spiro atoms. The molecular weight excluding hydrogens is 264 g/mol. The Hall–Kier alpha value is -1.36. The molecule has 0 radical (unpaired) electrons. The number of nitrogens with one attached hydrogen (secondary N) is 1. The van der Waals surface area contributed by atoms with Crippen LogP contribution in [0.3, 0.4) is 0 Å². The van der Waals surface area contributed by atoms with Crippen LogP contribution in [0.15, 0.2) is 6.07 Å². The van der Waals surface area contributed by atoms with Gasteiger partial charge in [-0.3, -0.25) is 0 Å². The summed E-state index contributed by atoms with van der Waals surface area (Å²) in [5.74, 6) is 3.45. The number of piperidine rings is 1. The van der Waals surface area contributed by atoms with Gasteiger partial charge in [0, 0.05) is 32.3 Å². The second-order valence-corrected chi connectivity index (χ2v) is 5.78. The molecule has 0 aromatic carbocycles. The summed E-state index contributed by atoms with van der Waals surface area (Å²) in [5.41, 5.74) is 0. The number of hydrogen-bond donors (Lipinski definition) is 1. The van der Waals surface area contributed by atoms with Crippen molar-refractivity contribution in [1.82, 2.24) is 9.97 Å². The third kappa shape index (κ3) is 4.84. The highest BCUT2D eigenvalue weighted by molar-refractivity contribution is 5.49. The highest BCUT2D eigenvalue weighted by Gasteiger charge is 2.19. The molecule has 0 saturated carbocycles. The molecule has 2 rings (SSSR count). The molecule has 1 atom stereocenters. The Morgan fingerprint density at radius 1 is 1.38 bits per heavy atom. The summed E-state index contributed by atoms with van der Waals surface area (Å²) in [5, 5.41) is 3.37. The Kier molecular flexibility index (Phi) is 6.23. The number of hydrogen-bond acceptors (Lipinski definition) is 5. The van der Waals surface area contributed by atoms with Crippen molar-refractivity contribution in [3.05, 3.63) is 11.9 Å². The summed E-state index contributed by atoms with van der Waals surface area (Å²) in [6.07, 6.45) is 3.64. The van der Waals surface area contributed by atoms with Gasteiger partial charge >= 0.3 is 0 Å². The molecule has 1 saturated heterocycles. The van der Waals surface area contributed by atoms with E-state index in [0.29, 0.717) is 13.2 Å². The third-order valence-corrected chi connectivity index (χ3v) is 3.73. The number of aromatic nitrogens is 2. The van der Waals surface area contributed by atoms with Crippen molar-refractivity contribution in [2.45, 2.75) is 46.6 Å². The average Bonchev–Trinajstić information content (AvgIpc) is 2.50. The zero-order valence-corrected chi connectivity index (χ0v) is 13.6. The molecule has 0 amide bonds. The SMILES string of the molecule is CCCNc1cc(N2CCCC(C)C2)nc(COCC)n1. The minimum absolute atomic E-state index is 0.481. The quantitative estimate of drug-likeness (QED) is 0.837. The lowest BCUT2D eigenvalue weighted by molar-refractivity contribution is 0.128. The lowest BCUT2D eigenvalue weighted by atomic mass is 10.0. The molecule has 5 heteroatoms. The first kappa shape index (κ1) is 16.0. The van der Waals surface area contributed by atoms with Crippen molar-refractivity contribution in [2.24, 2.45) is 5.92 Å². The van der Waals surface area contributed by atoms with Crippen molar-refractivity contribution in [3.8, 4) is 0 Å². The first-order valence-electron chi connectivity index (χ1n) is 8.17. The summed E-state index contributed by atoms with van der Waals surface area (Å²) in [4.78, 5) is 11.6. The van der Waals surface area contributed by atoms with Gasteiger partial charge in [-0.2, -0.15) is 0 Å². The van der Waals surface area contributed by atoms with Crippen LogP contribution in [0.25, 0.3) is 0 Å². The van der Waals surface area contributed by atoms with E-state index in [0.717, 1.165) is 49.4 Å². The van der Waals surface area contributed by atoms with Crippen LogP contribution in [-0.2, 0) is 11.3 Å². The number of ether oxygens (including phenoxy) is 1. The Morgan fingerprint density at radius 3 is 2.95 bits per heavy atom. The predicted octanol–water partition coefficient (Wildman–Crippen LogP) is 3.07. The van der Waals surface area contributed by atoms with Gasteiger partial charge in [0.25, 0.3) is 0 Å². The molecule has 1 aromatic rings. The molecule has 118 valence electrons. The molecule has 1 aliphatic rings. The van der Waals surface area contributed by atoms with Crippen LogP contribution in [0.4, 0.5) is 11.6 Å². The summed E-state index contributed by atoms with van der Waals surface area (Å²) in [7, 11) is 0. The Morgan fingerprint density at radius 2 is 2.24 bits per heavy atom. The van der Waals surface area contributed by atoms with Crippen molar-refractivity contribution in [1.29, 1.82) is 0 Å². The molecule has 1 unspecified atom stereocenters. The second kappa shape index (κ2) is 8.17. The number of anilines is 2. The van der Waals surface area contributed by atoms with Crippen LogP contribution in [0.2, 0.25) is 0 Å². The van der Waals surface area contributed by atoms with Crippen LogP contribution in [0.5, 0.6) is 0 Å². The van der Waals surface area contributed by atoms with Gasteiger partial charge in [-0.15, -0.1) is 0 Å². The summed E-state index contributed by atoms with van der Waals surface area (Å²) < 4.78 is 5.47. The fourth-order valence-corrected chi connectivity index (χ4v) is 2.64. The minimum Gasteiger partial charge on any atom is -0.374 e. The fourth-order valence-electron chi connectivity index (χ4n) is 2.64. The Bertz CT molecular complexity index is 412. The Labute approximate surface area is 128 Å². The van der Waals surface area contributed by atoms with Gasteiger partial charge in [0.1, 0.15) is 18.2 Å². The van der Waals surface area contributed by atoms with Crippen LogP contribution in [0.1, 0.15) is 45.9 Å². The van der Waals surface area contributed by atoms with E-state index in [-0.39, 0.29) is 0 Å². The van der Waals surface area contributed by atoms with Crippen LogP contribution >= 0.6 is 0 Å². The van der Waals surface area contributed by atoms with Gasteiger partial charge < -0.3 is 15.0 Å². The van der Waals surface area contributed by atoms with Crippen molar-refractivity contribution < 1.29 is 4.74 Å². The summed E-state index contributed by atoms with van der Waals surface area (Å²) in [6.45, 7) is 10.7. The topological polar surface area (TPSA) is 50.3 Å². The second-order valence-electron chi connectivity index (χ2n) is 5.78. The summed E-state index contributed by atoms with van der Waals surface area (Å²) >= 11 is 0.